The molecule has 41 heavy (non-hydrogen) atoms. The molecular weight excluding hydrogens is 520 g/mol. The SMILES string of the molecule is COc1ccc(C[C@@H]2C[C@@H](C(=O)NCc3ccc4c(c3)nnn4C)N(C(=O)[C@H](N)CC(O)c3ccccc3)C2)cc1. The molecule has 1 saturated heterocycles. The fraction of sp³-hybridized carbons (Fsp3) is 0.355. The predicted molar refractivity (Wildman–Crippen MR) is 155 cm³/mol. The number of nitrogens with one attached hydrogen (secondary N) is 1. The van der Waals surface area contributed by atoms with Crippen LogP contribution in [0.4, 0.5) is 0 Å². The van der Waals surface area contributed by atoms with Gasteiger partial charge in [-0.2, -0.15) is 0 Å². The number of amides is 2. The summed E-state index contributed by atoms with van der Waals surface area (Å²) in [4.78, 5) is 28.7. The number of aliphatic hydroxyl groups is 1. The maximum atomic E-state index is 13.6. The predicted octanol–water partition coefficient (Wildman–Crippen LogP) is 2.50. The van der Waals surface area contributed by atoms with Crippen LogP contribution >= 0.6 is 0 Å². The monoisotopic (exact) mass is 556 g/mol. The summed E-state index contributed by atoms with van der Waals surface area (Å²) in [5.74, 6) is 0.283. The number of aryl methyl sites for hydroxylation is 1. The van der Waals surface area contributed by atoms with E-state index in [1.54, 1.807) is 28.8 Å². The Bertz CT molecular complexity index is 1490. The number of carbonyl (C=O) groups is 2. The first-order valence-corrected chi connectivity index (χ1v) is 13.8. The van der Waals surface area contributed by atoms with Crippen LogP contribution in [0.2, 0.25) is 0 Å². The second kappa shape index (κ2) is 12.5. The van der Waals surface area contributed by atoms with E-state index in [-0.39, 0.29) is 24.2 Å². The van der Waals surface area contributed by atoms with Gasteiger partial charge in [-0.25, -0.2) is 4.68 Å². The molecule has 10 heteroatoms. The minimum atomic E-state index is -0.945. The molecule has 4 N–H and O–H groups in total. The summed E-state index contributed by atoms with van der Waals surface area (Å²) in [6.45, 7) is 0.704. The summed E-state index contributed by atoms with van der Waals surface area (Å²) >= 11 is 0. The van der Waals surface area contributed by atoms with Crippen molar-refractivity contribution in [3.63, 3.8) is 0 Å². The molecule has 0 aliphatic carbocycles. The largest absolute Gasteiger partial charge is 0.497 e. The number of fused-ring (bicyclic) bond motifs is 1. The standard InChI is InChI=1S/C31H36N6O4/c1-36-27-13-10-21(15-26(27)34-35-36)18-33-30(39)28-16-22(14-20-8-11-24(41-2)12-9-20)19-37(28)31(40)25(32)17-29(38)23-6-4-3-5-7-23/h3-13,15,22,25,28-29,38H,14,16-19,32H2,1-2H3,(H,33,39)/t22-,25-,28+,29?/m1/s1. The van der Waals surface area contributed by atoms with Crippen molar-refractivity contribution in [2.24, 2.45) is 18.7 Å². The van der Waals surface area contributed by atoms with Crippen molar-refractivity contribution in [3.05, 3.63) is 89.5 Å². The first-order valence-electron chi connectivity index (χ1n) is 13.8. The summed E-state index contributed by atoms with van der Waals surface area (Å²) < 4.78 is 6.96. The van der Waals surface area contributed by atoms with Gasteiger partial charge in [-0.05, 0) is 59.7 Å². The molecule has 1 fully saturated rings. The Labute approximate surface area is 239 Å². The lowest BCUT2D eigenvalue weighted by Crippen LogP contribution is -2.51. The Balaban J connectivity index is 1.29. The van der Waals surface area contributed by atoms with Gasteiger partial charge < -0.3 is 25.8 Å². The van der Waals surface area contributed by atoms with Crippen LogP contribution in [0.15, 0.2) is 72.8 Å². The Morgan fingerprint density at radius 3 is 2.56 bits per heavy atom. The minimum absolute atomic E-state index is 0.0644. The highest BCUT2D eigenvalue weighted by atomic mass is 16.5. The Hall–Kier alpha value is -4.28. The molecule has 2 amide bonds. The van der Waals surface area contributed by atoms with Crippen molar-refractivity contribution in [3.8, 4) is 5.75 Å². The molecule has 0 spiro atoms. The molecule has 2 heterocycles. The van der Waals surface area contributed by atoms with Gasteiger partial charge in [-0.15, -0.1) is 5.10 Å². The average molecular weight is 557 g/mol. The smallest absolute Gasteiger partial charge is 0.243 e. The molecule has 214 valence electrons. The van der Waals surface area contributed by atoms with E-state index >= 15 is 0 Å². The second-order valence-electron chi connectivity index (χ2n) is 10.7. The van der Waals surface area contributed by atoms with Gasteiger partial charge in [-0.1, -0.05) is 53.7 Å². The molecule has 1 aliphatic heterocycles. The number of nitrogens with zero attached hydrogens (tertiary/aromatic N) is 4. The molecule has 1 aromatic heterocycles. The average Bonchev–Trinajstić information content (AvgIpc) is 3.59. The Kier molecular flexibility index (Phi) is 8.61. The van der Waals surface area contributed by atoms with Crippen LogP contribution in [0, 0.1) is 5.92 Å². The third-order valence-corrected chi connectivity index (χ3v) is 7.78. The van der Waals surface area contributed by atoms with Crippen molar-refractivity contribution >= 4 is 22.8 Å². The molecule has 0 bridgehead atoms. The van der Waals surface area contributed by atoms with Crippen molar-refractivity contribution in [2.75, 3.05) is 13.7 Å². The van der Waals surface area contributed by atoms with Crippen molar-refractivity contribution in [1.29, 1.82) is 0 Å². The zero-order valence-corrected chi connectivity index (χ0v) is 23.3. The van der Waals surface area contributed by atoms with Gasteiger partial charge in [0.15, 0.2) is 0 Å². The topological polar surface area (TPSA) is 136 Å². The van der Waals surface area contributed by atoms with Crippen LogP contribution in [0.5, 0.6) is 5.75 Å². The third-order valence-electron chi connectivity index (χ3n) is 7.78. The lowest BCUT2D eigenvalue weighted by atomic mass is 9.96. The molecule has 1 unspecified atom stereocenters. The van der Waals surface area contributed by atoms with Gasteiger partial charge in [0.1, 0.15) is 17.3 Å². The summed E-state index contributed by atoms with van der Waals surface area (Å²) in [6.07, 6.45) is 0.412. The summed E-state index contributed by atoms with van der Waals surface area (Å²) in [6, 6.07) is 21.1. The van der Waals surface area contributed by atoms with Crippen LogP contribution in [-0.4, -0.2) is 62.6 Å². The molecule has 3 aromatic carbocycles. The molecule has 0 radical (unpaired) electrons. The van der Waals surface area contributed by atoms with E-state index in [4.69, 9.17) is 10.5 Å². The highest BCUT2D eigenvalue weighted by Crippen LogP contribution is 2.29. The minimum Gasteiger partial charge on any atom is -0.497 e. The Morgan fingerprint density at radius 2 is 1.83 bits per heavy atom. The normalized spacial score (nSPS) is 18.3. The number of hydrogen-bond acceptors (Lipinski definition) is 7. The molecule has 4 aromatic rings. The molecule has 5 rings (SSSR count). The maximum Gasteiger partial charge on any atom is 0.243 e. The van der Waals surface area contributed by atoms with Crippen LogP contribution in [0.25, 0.3) is 11.0 Å². The number of aromatic nitrogens is 3. The van der Waals surface area contributed by atoms with Crippen molar-refractivity contribution in [2.45, 2.75) is 44.0 Å². The molecule has 1 aliphatic rings. The zero-order chi connectivity index (χ0) is 28.9. The maximum absolute atomic E-state index is 13.6. The van der Waals surface area contributed by atoms with Crippen molar-refractivity contribution in [1.82, 2.24) is 25.2 Å². The lowest BCUT2D eigenvalue weighted by Gasteiger charge is -2.27. The van der Waals surface area contributed by atoms with E-state index in [2.05, 4.69) is 15.6 Å². The van der Waals surface area contributed by atoms with Crippen LogP contribution in [0.1, 0.15) is 35.6 Å². The molecular formula is C31H36N6O4. The number of aliphatic hydroxyl groups excluding tert-OH is 1. The number of nitrogens with two attached hydrogens (primary N) is 1. The van der Waals surface area contributed by atoms with Gasteiger partial charge in [0.05, 0.1) is 24.8 Å². The molecule has 0 saturated carbocycles. The summed E-state index contributed by atoms with van der Waals surface area (Å²) in [7, 11) is 3.45. The van der Waals surface area contributed by atoms with Gasteiger partial charge in [0.2, 0.25) is 11.8 Å². The fourth-order valence-electron chi connectivity index (χ4n) is 5.53. The van der Waals surface area contributed by atoms with Gasteiger partial charge in [0.25, 0.3) is 0 Å². The fourth-order valence-corrected chi connectivity index (χ4v) is 5.53. The van der Waals surface area contributed by atoms with Crippen LogP contribution in [-0.2, 0) is 29.6 Å². The lowest BCUT2D eigenvalue weighted by molar-refractivity contribution is -0.140. The van der Waals surface area contributed by atoms with E-state index < -0.39 is 18.2 Å². The first kappa shape index (κ1) is 28.3. The number of methoxy groups -OCH3 is 1. The van der Waals surface area contributed by atoms with E-state index in [1.807, 2.05) is 67.7 Å². The van der Waals surface area contributed by atoms with Gasteiger partial charge >= 0.3 is 0 Å². The van der Waals surface area contributed by atoms with Gasteiger partial charge in [-0.3, -0.25) is 9.59 Å². The number of likely N-dealkylation sites (tertiary alicyclic amines) is 1. The van der Waals surface area contributed by atoms with Crippen LogP contribution < -0.4 is 15.8 Å². The van der Waals surface area contributed by atoms with E-state index in [9.17, 15) is 14.7 Å². The highest BCUT2D eigenvalue weighted by molar-refractivity contribution is 5.90. The first-order chi connectivity index (χ1) is 19.8. The van der Waals surface area contributed by atoms with Crippen LogP contribution in [0.3, 0.4) is 0 Å². The Morgan fingerprint density at radius 1 is 1.10 bits per heavy atom. The van der Waals surface area contributed by atoms with E-state index in [0.717, 1.165) is 27.9 Å². The number of ether oxygens (including phenoxy) is 1. The third kappa shape index (κ3) is 6.55. The molecule has 10 nitrogen and oxygen atoms in total. The number of carbonyl (C=O) groups excluding carboxylic acids is 2. The van der Waals surface area contributed by atoms with E-state index in [1.165, 1.54) is 0 Å². The number of hydrogen-bond donors (Lipinski definition) is 3. The van der Waals surface area contributed by atoms with E-state index in [0.29, 0.717) is 31.5 Å². The van der Waals surface area contributed by atoms with Gasteiger partial charge in [0, 0.05) is 26.6 Å². The molecule has 4 atom stereocenters. The van der Waals surface area contributed by atoms with Crippen molar-refractivity contribution < 1.29 is 19.4 Å². The zero-order valence-electron chi connectivity index (χ0n) is 23.3. The second-order valence-corrected chi connectivity index (χ2v) is 10.7. The summed E-state index contributed by atoms with van der Waals surface area (Å²) in [5, 5.41) is 21.9. The number of rotatable bonds is 10. The quantitative estimate of drug-likeness (QED) is 0.273. The number of benzene rings is 3. The summed E-state index contributed by atoms with van der Waals surface area (Å²) in [5.41, 5.74) is 10.7. The highest BCUT2D eigenvalue weighted by Gasteiger charge is 2.41.